The molecule has 0 bridgehead atoms. The van der Waals surface area contributed by atoms with Crippen molar-refractivity contribution in [1.29, 1.82) is 0 Å². The van der Waals surface area contributed by atoms with Gasteiger partial charge in [0.05, 0.1) is 12.2 Å². The second-order valence-electron chi connectivity index (χ2n) is 5.40. The summed E-state index contributed by atoms with van der Waals surface area (Å²) >= 11 is 0. The van der Waals surface area contributed by atoms with Crippen molar-refractivity contribution >= 4 is 0 Å². The lowest BCUT2D eigenvalue weighted by Crippen LogP contribution is -2.46. The quantitative estimate of drug-likeness (QED) is 0.932. The van der Waals surface area contributed by atoms with E-state index >= 15 is 0 Å². The Balaban J connectivity index is 1.72. The molecule has 1 aliphatic rings. The number of nitrogens with zero attached hydrogens (tertiary/aromatic N) is 2. The van der Waals surface area contributed by atoms with Gasteiger partial charge < -0.3 is 9.73 Å². The fourth-order valence-electron chi connectivity index (χ4n) is 2.75. The summed E-state index contributed by atoms with van der Waals surface area (Å²) in [5.41, 5.74) is 1.34. The van der Waals surface area contributed by atoms with Crippen molar-refractivity contribution in [3.8, 4) is 0 Å². The molecule has 106 valence electrons. The number of aryl methyl sites for hydroxylation is 1. The first-order valence-corrected chi connectivity index (χ1v) is 7.19. The fourth-order valence-corrected chi connectivity index (χ4v) is 2.75. The maximum absolute atomic E-state index is 5.67. The lowest BCUT2D eigenvalue weighted by atomic mass is 10.0. The minimum absolute atomic E-state index is 0.219. The monoisotopic (exact) mass is 271 g/mol. The van der Waals surface area contributed by atoms with Crippen molar-refractivity contribution in [1.82, 2.24) is 15.2 Å². The number of hydrogen-bond acceptors (Lipinski definition) is 4. The third kappa shape index (κ3) is 2.76. The molecule has 0 aliphatic carbocycles. The molecule has 4 nitrogen and oxygen atoms in total. The van der Waals surface area contributed by atoms with Crippen LogP contribution in [0.5, 0.6) is 0 Å². The van der Waals surface area contributed by atoms with Crippen LogP contribution in [-0.2, 0) is 0 Å². The highest BCUT2D eigenvalue weighted by atomic mass is 16.4. The summed E-state index contributed by atoms with van der Waals surface area (Å²) < 4.78 is 5.67. The maximum Gasteiger partial charge on any atom is 0.211 e. The molecule has 0 amide bonds. The predicted octanol–water partition coefficient (Wildman–Crippen LogP) is 2.69. The van der Waals surface area contributed by atoms with Crippen LogP contribution in [0.15, 0.2) is 40.9 Å². The molecule has 1 aromatic carbocycles. The molecular weight excluding hydrogens is 250 g/mol. The lowest BCUT2D eigenvalue weighted by Gasteiger charge is -2.36. The van der Waals surface area contributed by atoms with Crippen molar-refractivity contribution in [2.75, 3.05) is 19.6 Å². The number of nitrogens with one attached hydrogen (secondary N) is 1. The summed E-state index contributed by atoms with van der Waals surface area (Å²) in [7, 11) is 0. The van der Waals surface area contributed by atoms with E-state index in [1.807, 2.05) is 6.92 Å². The predicted molar refractivity (Wildman–Crippen MR) is 78.4 cm³/mol. The van der Waals surface area contributed by atoms with E-state index < -0.39 is 0 Å². The number of hydrogen-bond donors (Lipinski definition) is 1. The van der Waals surface area contributed by atoms with E-state index in [-0.39, 0.29) is 6.04 Å². The van der Waals surface area contributed by atoms with Gasteiger partial charge in [-0.25, -0.2) is 4.98 Å². The van der Waals surface area contributed by atoms with Gasteiger partial charge in [0, 0.05) is 25.7 Å². The molecule has 1 aromatic heterocycles. The van der Waals surface area contributed by atoms with Crippen LogP contribution in [0, 0.1) is 6.92 Å². The molecule has 1 saturated heterocycles. The summed E-state index contributed by atoms with van der Waals surface area (Å²) in [6.07, 6.45) is 1.79. The van der Waals surface area contributed by atoms with Crippen LogP contribution in [0.25, 0.3) is 0 Å². The average Bonchev–Trinajstić information content (AvgIpc) is 2.94. The number of oxazole rings is 1. The minimum atomic E-state index is 0.219. The molecule has 2 atom stereocenters. The molecule has 0 radical (unpaired) electrons. The van der Waals surface area contributed by atoms with Crippen LogP contribution < -0.4 is 5.32 Å². The van der Waals surface area contributed by atoms with Crippen molar-refractivity contribution in [3.63, 3.8) is 0 Å². The summed E-state index contributed by atoms with van der Waals surface area (Å²) in [6.45, 7) is 7.09. The van der Waals surface area contributed by atoms with E-state index in [2.05, 4.69) is 52.5 Å². The zero-order chi connectivity index (χ0) is 13.9. The van der Waals surface area contributed by atoms with Gasteiger partial charge in [0.2, 0.25) is 5.89 Å². The second-order valence-corrected chi connectivity index (χ2v) is 5.40. The summed E-state index contributed by atoms with van der Waals surface area (Å²) in [4.78, 5) is 6.79. The Morgan fingerprint density at radius 1 is 1.35 bits per heavy atom. The normalized spacial score (nSPS) is 21.8. The molecule has 1 fully saturated rings. The highest BCUT2D eigenvalue weighted by Gasteiger charge is 2.26. The van der Waals surface area contributed by atoms with E-state index in [0.717, 1.165) is 31.3 Å². The average molecular weight is 271 g/mol. The van der Waals surface area contributed by atoms with Gasteiger partial charge in [-0.15, -0.1) is 0 Å². The standard InChI is InChI=1S/C16H21N3O/c1-12-10-18-16(20-12)13(2)19-9-8-17-15(11-19)14-6-4-3-5-7-14/h3-7,10,13,15,17H,8-9,11H2,1-2H3. The van der Waals surface area contributed by atoms with Gasteiger partial charge in [-0.05, 0) is 19.4 Å². The van der Waals surface area contributed by atoms with Crippen LogP contribution in [0.2, 0.25) is 0 Å². The Hall–Kier alpha value is -1.65. The molecule has 0 saturated carbocycles. The first-order valence-electron chi connectivity index (χ1n) is 7.19. The molecule has 1 N–H and O–H groups in total. The SMILES string of the molecule is Cc1cnc(C(C)N2CCNC(c3ccccc3)C2)o1. The largest absolute Gasteiger partial charge is 0.444 e. The molecule has 2 unspecified atom stereocenters. The summed E-state index contributed by atoms with van der Waals surface area (Å²) in [5.74, 6) is 1.69. The Bertz CT molecular complexity index is 552. The topological polar surface area (TPSA) is 41.3 Å². The third-order valence-corrected chi connectivity index (χ3v) is 3.95. The third-order valence-electron chi connectivity index (χ3n) is 3.95. The van der Waals surface area contributed by atoms with Gasteiger partial charge in [0.15, 0.2) is 0 Å². The van der Waals surface area contributed by atoms with E-state index in [1.54, 1.807) is 6.20 Å². The molecule has 2 heterocycles. The molecule has 2 aromatic rings. The van der Waals surface area contributed by atoms with E-state index in [1.165, 1.54) is 5.56 Å². The minimum Gasteiger partial charge on any atom is -0.444 e. The van der Waals surface area contributed by atoms with Gasteiger partial charge in [-0.2, -0.15) is 0 Å². The fraction of sp³-hybridized carbons (Fsp3) is 0.438. The Kier molecular flexibility index (Phi) is 3.85. The molecule has 20 heavy (non-hydrogen) atoms. The van der Waals surface area contributed by atoms with Crippen LogP contribution in [0.3, 0.4) is 0 Å². The zero-order valence-corrected chi connectivity index (χ0v) is 12.0. The number of rotatable bonds is 3. The molecule has 4 heteroatoms. The van der Waals surface area contributed by atoms with Crippen LogP contribution in [0.4, 0.5) is 0 Å². The molecule has 0 spiro atoms. The Morgan fingerprint density at radius 2 is 2.15 bits per heavy atom. The van der Waals surface area contributed by atoms with Crippen molar-refractivity contribution in [2.24, 2.45) is 0 Å². The second kappa shape index (κ2) is 5.77. The van der Waals surface area contributed by atoms with Gasteiger partial charge in [0.1, 0.15) is 5.76 Å². The molecule has 3 rings (SSSR count). The lowest BCUT2D eigenvalue weighted by molar-refractivity contribution is 0.134. The maximum atomic E-state index is 5.67. The van der Waals surface area contributed by atoms with Gasteiger partial charge in [-0.3, -0.25) is 4.90 Å². The first-order chi connectivity index (χ1) is 9.74. The summed E-state index contributed by atoms with van der Waals surface area (Å²) in [6, 6.07) is 11.2. The molecule has 1 aliphatic heterocycles. The van der Waals surface area contributed by atoms with Gasteiger partial charge in [-0.1, -0.05) is 30.3 Å². The van der Waals surface area contributed by atoms with Crippen LogP contribution >= 0.6 is 0 Å². The smallest absolute Gasteiger partial charge is 0.211 e. The van der Waals surface area contributed by atoms with Gasteiger partial charge in [0.25, 0.3) is 0 Å². The van der Waals surface area contributed by atoms with Gasteiger partial charge >= 0.3 is 0 Å². The van der Waals surface area contributed by atoms with E-state index in [4.69, 9.17) is 4.42 Å². The van der Waals surface area contributed by atoms with Crippen molar-refractivity contribution in [2.45, 2.75) is 25.9 Å². The van der Waals surface area contributed by atoms with E-state index in [0.29, 0.717) is 6.04 Å². The number of benzene rings is 1. The zero-order valence-electron chi connectivity index (χ0n) is 12.0. The van der Waals surface area contributed by atoms with Crippen LogP contribution in [0.1, 0.15) is 36.2 Å². The highest BCUT2D eigenvalue weighted by molar-refractivity contribution is 5.20. The number of aromatic nitrogens is 1. The molecular formula is C16H21N3O. The van der Waals surface area contributed by atoms with E-state index in [9.17, 15) is 0 Å². The number of piperazine rings is 1. The summed E-state index contributed by atoms with van der Waals surface area (Å²) in [5, 5.41) is 3.58. The Morgan fingerprint density at radius 3 is 2.85 bits per heavy atom. The van der Waals surface area contributed by atoms with Crippen molar-refractivity contribution < 1.29 is 4.42 Å². The first kappa shape index (κ1) is 13.3. The highest BCUT2D eigenvalue weighted by Crippen LogP contribution is 2.25. The Labute approximate surface area is 119 Å². The van der Waals surface area contributed by atoms with Crippen LogP contribution in [-0.4, -0.2) is 29.5 Å². The van der Waals surface area contributed by atoms with Crippen molar-refractivity contribution in [3.05, 3.63) is 53.7 Å².